The monoisotopic (exact) mass is 394 g/mol. The van der Waals surface area contributed by atoms with Gasteiger partial charge in [0.2, 0.25) is 0 Å². The van der Waals surface area contributed by atoms with Gasteiger partial charge in [-0.05, 0) is 64.4 Å². The molecule has 0 spiro atoms. The zero-order valence-electron chi connectivity index (χ0n) is 9.34. The summed E-state index contributed by atoms with van der Waals surface area (Å²) in [5.74, 6) is -0.239. The zero-order valence-corrected chi connectivity index (χ0v) is 13.0. The Morgan fingerprint density at radius 3 is 2.61 bits per heavy atom. The van der Waals surface area contributed by atoms with E-state index in [1.54, 1.807) is 6.07 Å². The Labute approximate surface area is 129 Å². The van der Waals surface area contributed by atoms with Gasteiger partial charge in [-0.1, -0.05) is 29.8 Å². The molecule has 0 saturated carbocycles. The zero-order chi connectivity index (χ0) is 13.1. The van der Waals surface area contributed by atoms with Crippen molar-refractivity contribution in [3.8, 4) is 0 Å². The summed E-state index contributed by atoms with van der Waals surface area (Å²) in [7, 11) is 0. The lowest BCUT2D eigenvalue weighted by molar-refractivity contribution is 0.625. The summed E-state index contributed by atoms with van der Waals surface area (Å²) in [6.07, 6.45) is 0.580. The predicted molar refractivity (Wildman–Crippen MR) is 82.9 cm³/mol. The lowest BCUT2D eigenvalue weighted by Gasteiger charge is -2.11. The molecular weight excluding hydrogens is 385 g/mol. The molecule has 1 atom stereocenters. The highest BCUT2D eigenvalue weighted by Gasteiger charge is 2.11. The normalized spacial score (nSPS) is 12.4. The topological polar surface area (TPSA) is 0 Å². The lowest BCUT2D eigenvalue weighted by atomic mass is 10.0. The molecule has 0 aliphatic heterocycles. The van der Waals surface area contributed by atoms with E-state index in [-0.39, 0.29) is 11.2 Å². The van der Waals surface area contributed by atoms with Crippen molar-refractivity contribution in [3.63, 3.8) is 0 Å². The van der Waals surface area contributed by atoms with Gasteiger partial charge in [0.25, 0.3) is 0 Å². The quantitative estimate of drug-likeness (QED) is 0.469. The van der Waals surface area contributed by atoms with Gasteiger partial charge in [0.1, 0.15) is 5.82 Å². The molecule has 2 aromatic carbocycles. The van der Waals surface area contributed by atoms with E-state index in [9.17, 15) is 4.39 Å². The van der Waals surface area contributed by atoms with Gasteiger partial charge in [-0.2, -0.15) is 0 Å². The van der Waals surface area contributed by atoms with E-state index in [1.807, 2.05) is 24.3 Å². The average Bonchev–Trinajstić information content (AvgIpc) is 2.32. The Morgan fingerprint density at radius 1 is 1.17 bits per heavy atom. The van der Waals surface area contributed by atoms with Crippen LogP contribution in [0.4, 0.5) is 4.39 Å². The molecule has 0 amide bonds. The van der Waals surface area contributed by atoms with Crippen molar-refractivity contribution in [2.75, 3.05) is 0 Å². The van der Waals surface area contributed by atoms with Gasteiger partial charge >= 0.3 is 0 Å². The van der Waals surface area contributed by atoms with Gasteiger partial charge in [0.15, 0.2) is 0 Å². The first-order valence-corrected chi connectivity index (χ1v) is 7.29. The van der Waals surface area contributed by atoms with Crippen LogP contribution in [0.1, 0.15) is 16.5 Å². The van der Waals surface area contributed by atoms with E-state index in [4.69, 9.17) is 23.2 Å². The molecule has 0 aliphatic rings. The molecule has 0 bridgehead atoms. The largest absolute Gasteiger partial charge is 0.207 e. The van der Waals surface area contributed by atoms with Gasteiger partial charge < -0.3 is 0 Å². The molecule has 0 fully saturated rings. The molecule has 0 aliphatic carbocycles. The van der Waals surface area contributed by atoms with Crippen LogP contribution in [0.5, 0.6) is 0 Å². The summed E-state index contributed by atoms with van der Waals surface area (Å²) in [6, 6.07) is 12.2. The average molecular weight is 395 g/mol. The molecule has 1 unspecified atom stereocenters. The maximum absolute atomic E-state index is 13.1. The highest BCUT2D eigenvalue weighted by molar-refractivity contribution is 14.1. The van der Waals surface area contributed by atoms with Crippen LogP contribution >= 0.6 is 45.8 Å². The van der Waals surface area contributed by atoms with Crippen LogP contribution in [0.25, 0.3) is 0 Å². The summed E-state index contributed by atoms with van der Waals surface area (Å²) >= 11 is 14.6. The maximum Gasteiger partial charge on any atom is 0.123 e. The minimum absolute atomic E-state index is 0.207. The van der Waals surface area contributed by atoms with Gasteiger partial charge in [-0.15, -0.1) is 11.6 Å². The molecule has 0 radical (unpaired) electrons. The van der Waals surface area contributed by atoms with E-state index in [2.05, 4.69) is 22.6 Å². The maximum atomic E-state index is 13.1. The van der Waals surface area contributed by atoms with Gasteiger partial charge in [0, 0.05) is 3.57 Å². The summed E-state index contributed by atoms with van der Waals surface area (Å²) in [6.45, 7) is 0. The molecule has 4 heteroatoms. The molecule has 94 valence electrons. The Kier molecular flexibility index (Phi) is 4.87. The number of rotatable bonds is 3. The number of halogens is 4. The second-order valence-corrected chi connectivity index (χ2v) is 6.07. The van der Waals surface area contributed by atoms with Crippen molar-refractivity contribution in [2.45, 2.75) is 11.8 Å². The molecule has 0 saturated heterocycles. The Bertz CT molecular complexity index is 557. The Morgan fingerprint density at radius 2 is 1.94 bits per heavy atom. The van der Waals surface area contributed by atoms with Crippen molar-refractivity contribution in [3.05, 3.63) is 68.0 Å². The highest BCUT2D eigenvalue weighted by atomic mass is 127. The first-order valence-electron chi connectivity index (χ1n) is 5.40. The molecule has 0 N–H and O–H groups in total. The van der Waals surface area contributed by atoms with Crippen LogP contribution in [0, 0.1) is 9.39 Å². The van der Waals surface area contributed by atoms with E-state index >= 15 is 0 Å². The number of alkyl halides is 1. The van der Waals surface area contributed by atoms with Crippen molar-refractivity contribution >= 4 is 45.8 Å². The van der Waals surface area contributed by atoms with Crippen LogP contribution in [-0.2, 0) is 6.42 Å². The summed E-state index contributed by atoms with van der Waals surface area (Å²) in [5.41, 5.74) is 1.83. The summed E-state index contributed by atoms with van der Waals surface area (Å²) in [5, 5.41) is 0.485. The first-order chi connectivity index (χ1) is 8.56. The molecule has 2 rings (SSSR count). The molecule has 2 aromatic rings. The number of hydrogen-bond acceptors (Lipinski definition) is 0. The van der Waals surface area contributed by atoms with Gasteiger partial charge in [0.05, 0.1) is 10.4 Å². The van der Waals surface area contributed by atoms with Crippen molar-refractivity contribution < 1.29 is 4.39 Å². The van der Waals surface area contributed by atoms with Crippen LogP contribution in [-0.4, -0.2) is 0 Å². The molecular formula is C14H10Cl2FI. The third kappa shape index (κ3) is 3.59. The van der Waals surface area contributed by atoms with Crippen molar-refractivity contribution in [1.82, 2.24) is 0 Å². The van der Waals surface area contributed by atoms with Crippen LogP contribution in [0.2, 0.25) is 5.02 Å². The third-order valence-electron chi connectivity index (χ3n) is 2.61. The highest BCUT2D eigenvalue weighted by Crippen LogP contribution is 2.29. The lowest BCUT2D eigenvalue weighted by Crippen LogP contribution is -1.97. The smallest absolute Gasteiger partial charge is 0.123 e. The van der Waals surface area contributed by atoms with Crippen LogP contribution in [0.15, 0.2) is 42.5 Å². The minimum atomic E-state index is -0.239. The molecule has 0 aromatic heterocycles. The summed E-state index contributed by atoms with van der Waals surface area (Å²) in [4.78, 5) is 0. The number of hydrogen-bond donors (Lipinski definition) is 0. The second kappa shape index (κ2) is 6.22. The number of benzene rings is 2. The van der Waals surface area contributed by atoms with E-state index in [1.165, 1.54) is 12.1 Å². The fraction of sp³-hybridized carbons (Fsp3) is 0.143. The standard InChI is InChI=1S/C14H10Cl2FI/c15-12(7-9-2-1-3-11(17)6-9)10-4-5-14(18)13(16)8-10/h1-6,8,12H,7H2. The fourth-order valence-corrected chi connectivity index (χ4v) is 2.53. The predicted octanol–water partition coefficient (Wildman–Crippen LogP) is 5.61. The van der Waals surface area contributed by atoms with E-state index in [0.717, 1.165) is 14.7 Å². The second-order valence-electron chi connectivity index (χ2n) is 3.98. The summed E-state index contributed by atoms with van der Waals surface area (Å²) < 4.78 is 14.1. The third-order valence-corrected chi connectivity index (χ3v) is 4.59. The molecule has 18 heavy (non-hydrogen) atoms. The van der Waals surface area contributed by atoms with Gasteiger partial charge in [-0.25, -0.2) is 4.39 Å². The van der Waals surface area contributed by atoms with E-state index < -0.39 is 0 Å². The Balaban J connectivity index is 2.16. The first kappa shape index (κ1) is 14.1. The minimum Gasteiger partial charge on any atom is -0.207 e. The van der Waals surface area contributed by atoms with Crippen LogP contribution < -0.4 is 0 Å². The van der Waals surface area contributed by atoms with Gasteiger partial charge in [-0.3, -0.25) is 0 Å². The van der Waals surface area contributed by atoms with Crippen molar-refractivity contribution in [2.24, 2.45) is 0 Å². The Hall–Kier alpha value is -0.320. The molecule has 0 heterocycles. The van der Waals surface area contributed by atoms with Crippen LogP contribution in [0.3, 0.4) is 0 Å². The molecule has 0 nitrogen and oxygen atoms in total. The van der Waals surface area contributed by atoms with Crippen molar-refractivity contribution in [1.29, 1.82) is 0 Å². The fourth-order valence-electron chi connectivity index (χ4n) is 1.70. The van der Waals surface area contributed by atoms with E-state index in [0.29, 0.717) is 11.4 Å². The SMILES string of the molecule is Fc1cccc(CC(Cl)c2ccc(I)c(Cl)c2)c1.